The van der Waals surface area contributed by atoms with Gasteiger partial charge in [0.1, 0.15) is 6.04 Å². The summed E-state index contributed by atoms with van der Waals surface area (Å²) in [5, 5.41) is 18.8. The Morgan fingerprint density at radius 2 is 1.52 bits per heavy atom. The van der Waals surface area contributed by atoms with Gasteiger partial charge in [0, 0.05) is 13.0 Å². The topological polar surface area (TPSA) is 60.8 Å². The van der Waals surface area contributed by atoms with Crippen LogP contribution in [0.4, 0.5) is 0 Å². The predicted octanol–water partition coefficient (Wildman–Crippen LogP) is 5.32. The van der Waals surface area contributed by atoms with E-state index in [0.29, 0.717) is 13.0 Å². The molecule has 0 amide bonds. The first-order valence-electron chi connectivity index (χ1n) is 11.1. The largest absolute Gasteiger partial charge is 0.480 e. The highest BCUT2D eigenvalue weighted by atomic mass is 16.4. The van der Waals surface area contributed by atoms with Crippen molar-refractivity contribution in [2.75, 3.05) is 13.1 Å². The van der Waals surface area contributed by atoms with Gasteiger partial charge in [-0.15, -0.1) is 0 Å². The van der Waals surface area contributed by atoms with Crippen LogP contribution in [-0.4, -0.2) is 46.3 Å². The van der Waals surface area contributed by atoms with Gasteiger partial charge in [0.15, 0.2) is 0 Å². The maximum Gasteiger partial charge on any atom is 0.321 e. The molecule has 4 nitrogen and oxygen atoms in total. The molecule has 1 rings (SSSR count). The number of allylic oxidation sites excluding steroid dienone is 4. The van der Waals surface area contributed by atoms with Crippen LogP contribution in [0.1, 0.15) is 90.4 Å². The molecule has 156 valence electrons. The van der Waals surface area contributed by atoms with E-state index in [-0.39, 0.29) is 0 Å². The minimum atomic E-state index is -0.799. The summed E-state index contributed by atoms with van der Waals surface area (Å²) in [5.74, 6) is -0.799. The quantitative estimate of drug-likeness (QED) is 0.281. The van der Waals surface area contributed by atoms with Crippen molar-refractivity contribution in [3.63, 3.8) is 0 Å². The molecule has 0 aromatic carbocycles. The number of aliphatic hydroxyl groups is 1. The van der Waals surface area contributed by atoms with Gasteiger partial charge in [0.2, 0.25) is 0 Å². The highest BCUT2D eigenvalue weighted by molar-refractivity contribution is 5.74. The minimum Gasteiger partial charge on any atom is -0.480 e. The van der Waals surface area contributed by atoms with Gasteiger partial charge in [-0.2, -0.15) is 0 Å². The summed E-state index contributed by atoms with van der Waals surface area (Å²) in [7, 11) is 0. The van der Waals surface area contributed by atoms with Crippen molar-refractivity contribution >= 4 is 5.97 Å². The summed E-state index contributed by atoms with van der Waals surface area (Å²) < 4.78 is 0. The van der Waals surface area contributed by atoms with Gasteiger partial charge in [-0.05, 0) is 45.1 Å². The van der Waals surface area contributed by atoms with Gasteiger partial charge in [-0.3, -0.25) is 9.69 Å². The molecule has 0 aromatic heterocycles. The van der Waals surface area contributed by atoms with Crippen LogP contribution < -0.4 is 0 Å². The second kappa shape index (κ2) is 15.9. The molecule has 0 unspecified atom stereocenters. The van der Waals surface area contributed by atoms with Crippen LogP contribution in [0, 0.1) is 0 Å². The van der Waals surface area contributed by atoms with Gasteiger partial charge < -0.3 is 10.2 Å². The summed E-state index contributed by atoms with van der Waals surface area (Å²) in [6.45, 7) is 3.55. The summed E-state index contributed by atoms with van der Waals surface area (Å²) in [6, 6.07) is -0.488. The third kappa shape index (κ3) is 12.0. The van der Waals surface area contributed by atoms with E-state index in [1.54, 1.807) is 0 Å². The molecule has 1 aliphatic heterocycles. The Morgan fingerprint density at radius 3 is 2.15 bits per heavy atom. The Kier molecular flexibility index (Phi) is 14.1. The summed E-state index contributed by atoms with van der Waals surface area (Å²) in [5.41, 5.74) is 0. The first-order chi connectivity index (χ1) is 13.1. The van der Waals surface area contributed by atoms with Crippen LogP contribution in [-0.2, 0) is 4.79 Å². The normalized spacial score (nSPS) is 21.0. The Morgan fingerprint density at radius 1 is 0.926 bits per heavy atom. The van der Waals surface area contributed by atoms with Gasteiger partial charge in [0.05, 0.1) is 6.10 Å². The minimum absolute atomic E-state index is 0.373. The van der Waals surface area contributed by atoms with E-state index in [2.05, 4.69) is 31.2 Å². The third-order valence-electron chi connectivity index (χ3n) is 5.31. The number of hydrogen-bond donors (Lipinski definition) is 2. The SMILES string of the molecule is CCCCC/C=C\C/C=C\CCCCCCCCN1C[C@H](O)C[C@H]1C(=O)O. The Hall–Kier alpha value is -1.13. The van der Waals surface area contributed by atoms with E-state index in [9.17, 15) is 15.0 Å². The van der Waals surface area contributed by atoms with Crippen LogP contribution in [0.5, 0.6) is 0 Å². The highest BCUT2D eigenvalue weighted by Gasteiger charge is 2.35. The van der Waals surface area contributed by atoms with Crippen LogP contribution >= 0.6 is 0 Å². The van der Waals surface area contributed by atoms with E-state index in [4.69, 9.17) is 0 Å². The molecule has 1 fully saturated rings. The number of carboxylic acids is 1. The van der Waals surface area contributed by atoms with E-state index in [1.165, 1.54) is 57.8 Å². The van der Waals surface area contributed by atoms with Crippen molar-refractivity contribution in [3.8, 4) is 0 Å². The molecule has 0 spiro atoms. The Bertz CT molecular complexity index is 433. The van der Waals surface area contributed by atoms with E-state index < -0.39 is 18.1 Å². The predicted molar refractivity (Wildman–Crippen MR) is 113 cm³/mol. The molecule has 0 radical (unpaired) electrons. The molecule has 0 saturated carbocycles. The zero-order chi connectivity index (χ0) is 19.7. The number of aliphatic carboxylic acids is 1. The zero-order valence-corrected chi connectivity index (χ0v) is 17.3. The molecular weight excluding hydrogens is 338 g/mol. The number of aliphatic hydroxyl groups excluding tert-OH is 1. The lowest BCUT2D eigenvalue weighted by molar-refractivity contribution is -0.142. The molecule has 1 heterocycles. The van der Waals surface area contributed by atoms with Crippen molar-refractivity contribution in [1.29, 1.82) is 0 Å². The van der Waals surface area contributed by atoms with Crippen LogP contribution in [0.2, 0.25) is 0 Å². The molecule has 1 saturated heterocycles. The van der Waals surface area contributed by atoms with E-state index >= 15 is 0 Å². The van der Waals surface area contributed by atoms with Gasteiger partial charge in [-0.1, -0.05) is 69.8 Å². The van der Waals surface area contributed by atoms with Crippen molar-refractivity contribution in [2.45, 2.75) is 103 Å². The molecule has 27 heavy (non-hydrogen) atoms. The number of likely N-dealkylation sites (tertiary alicyclic amines) is 1. The maximum atomic E-state index is 11.2. The number of rotatable bonds is 16. The molecular formula is C23H41NO3. The van der Waals surface area contributed by atoms with Gasteiger partial charge >= 0.3 is 5.97 Å². The second-order valence-electron chi connectivity index (χ2n) is 7.82. The van der Waals surface area contributed by atoms with Crippen molar-refractivity contribution in [3.05, 3.63) is 24.3 Å². The zero-order valence-electron chi connectivity index (χ0n) is 17.3. The summed E-state index contributed by atoms with van der Waals surface area (Å²) in [6.07, 6.45) is 23.7. The van der Waals surface area contributed by atoms with Crippen molar-refractivity contribution < 1.29 is 15.0 Å². The molecule has 0 aromatic rings. The first kappa shape index (κ1) is 23.9. The van der Waals surface area contributed by atoms with E-state index in [0.717, 1.165) is 25.8 Å². The number of hydrogen-bond acceptors (Lipinski definition) is 3. The lowest BCUT2D eigenvalue weighted by Gasteiger charge is -2.20. The fourth-order valence-corrected chi connectivity index (χ4v) is 3.69. The average Bonchev–Trinajstić information content (AvgIpc) is 3.02. The highest BCUT2D eigenvalue weighted by Crippen LogP contribution is 2.19. The molecule has 2 atom stereocenters. The third-order valence-corrected chi connectivity index (χ3v) is 5.31. The average molecular weight is 380 g/mol. The number of carboxylic acid groups (broad SMARTS) is 1. The van der Waals surface area contributed by atoms with Crippen molar-refractivity contribution in [2.24, 2.45) is 0 Å². The number of β-amino-alcohol motifs (C(OH)–C–C–N with tert-alkyl or cyclic N) is 1. The molecule has 4 heteroatoms. The van der Waals surface area contributed by atoms with Gasteiger partial charge in [0.25, 0.3) is 0 Å². The number of carbonyl (C=O) groups is 1. The molecule has 0 bridgehead atoms. The summed E-state index contributed by atoms with van der Waals surface area (Å²) >= 11 is 0. The number of nitrogens with zero attached hydrogens (tertiary/aromatic N) is 1. The Labute approximate surface area is 166 Å². The lowest BCUT2D eigenvalue weighted by atomic mass is 10.1. The monoisotopic (exact) mass is 379 g/mol. The van der Waals surface area contributed by atoms with Crippen LogP contribution in [0.15, 0.2) is 24.3 Å². The lowest BCUT2D eigenvalue weighted by Crippen LogP contribution is -2.36. The molecule has 1 aliphatic rings. The number of unbranched alkanes of at least 4 members (excludes halogenated alkanes) is 9. The molecule has 0 aliphatic carbocycles. The fourth-order valence-electron chi connectivity index (χ4n) is 3.69. The first-order valence-corrected chi connectivity index (χ1v) is 11.1. The molecule has 2 N–H and O–H groups in total. The van der Waals surface area contributed by atoms with Crippen LogP contribution in [0.3, 0.4) is 0 Å². The fraction of sp³-hybridized carbons (Fsp3) is 0.783. The van der Waals surface area contributed by atoms with Crippen LogP contribution in [0.25, 0.3) is 0 Å². The van der Waals surface area contributed by atoms with Gasteiger partial charge in [-0.25, -0.2) is 0 Å². The standard InChI is InChI=1S/C23H41NO3/c1-2-3-4-5-6-7-8-9-10-11-12-13-14-15-16-17-18-24-20-21(25)19-22(24)23(26)27/h6-7,9-10,21-22,25H,2-5,8,11-20H2,1H3,(H,26,27)/b7-6-,10-9-/t21-,22+/m1/s1. The maximum absolute atomic E-state index is 11.2. The second-order valence-corrected chi connectivity index (χ2v) is 7.82. The van der Waals surface area contributed by atoms with Crippen molar-refractivity contribution in [1.82, 2.24) is 4.90 Å². The van der Waals surface area contributed by atoms with E-state index in [1.807, 2.05) is 4.90 Å². The Balaban J connectivity index is 1.89. The smallest absolute Gasteiger partial charge is 0.321 e. The summed E-state index contributed by atoms with van der Waals surface area (Å²) in [4.78, 5) is 13.1.